The molecule has 0 amide bonds. The molecule has 1 aromatic carbocycles. The van der Waals surface area contributed by atoms with Gasteiger partial charge in [0.25, 0.3) is 0 Å². The molecule has 1 aromatic rings. The maximum Gasteiger partial charge on any atom is 0.309 e. The maximum absolute atomic E-state index is 11.9. The number of carbonyl (C=O) groups is 1. The fourth-order valence-corrected chi connectivity index (χ4v) is 3.20. The van der Waals surface area contributed by atoms with Crippen LogP contribution in [0.5, 0.6) is 5.75 Å². The molecule has 0 spiro atoms. The first kappa shape index (κ1) is 21.4. The molecule has 1 aliphatic rings. The van der Waals surface area contributed by atoms with Gasteiger partial charge in [-0.1, -0.05) is 23.7 Å². The third kappa shape index (κ3) is 6.61. The summed E-state index contributed by atoms with van der Waals surface area (Å²) in [5.41, 5.74) is 0. The standard InChI is InChI=1S/C20H30ClN3O3/c1-4-22-20(24-12-10-16(11-13-24)19(25)26-5-2)23-14-15(3)27-18-9-7-6-8-17(18)21/h6-9,15-16H,4-5,10-14H2,1-3H3,(H,22,23). The predicted molar refractivity (Wildman–Crippen MR) is 108 cm³/mol. The molecule has 1 atom stereocenters. The van der Waals surface area contributed by atoms with Crippen LogP contribution in [-0.4, -0.2) is 55.7 Å². The van der Waals surface area contributed by atoms with Crippen LogP contribution < -0.4 is 10.1 Å². The number of benzene rings is 1. The molecular weight excluding hydrogens is 366 g/mol. The Kier molecular flexibility index (Phi) is 8.72. The summed E-state index contributed by atoms with van der Waals surface area (Å²) in [7, 11) is 0. The van der Waals surface area contributed by atoms with Gasteiger partial charge >= 0.3 is 5.97 Å². The number of esters is 1. The van der Waals surface area contributed by atoms with Crippen LogP contribution in [0.3, 0.4) is 0 Å². The highest BCUT2D eigenvalue weighted by Gasteiger charge is 2.27. The van der Waals surface area contributed by atoms with Crippen molar-refractivity contribution >= 4 is 23.5 Å². The maximum atomic E-state index is 11.9. The van der Waals surface area contributed by atoms with Gasteiger partial charge in [0.05, 0.1) is 24.1 Å². The molecular formula is C20H30ClN3O3. The molecule has 0 aromatic heterocycles. The second-order valence-corrected chi connectivity index (χ2v) is 6.97. The van der Waals surface area contributed by atoms with Crippen LogP contribution in [0.1, 0.15) is 33.6 Å². The monoisotopic (exact) mass is 395 g/mol. The first-order chi connectivity index (χ1) is 13.0. The fourth-order valence-electron chi connectivity index (χ4n) is 3.02. The highest BCUT2D eigenvalue weighted by Crippen LogP contribution is 2.24. The predicted octanol–water partition coefficient (Wildman–Crippen LogP) is 3.35. The molecule has 1 aliphatic heterocycles. The van der Waals surface area contributed by atoms with E-state index in [-0.39, 0.29) is 18.0 Å². The van der Waals surface area contributed by atoms with Gasteiger partial charge in [-0.15, -0.1) is 0 Å². The van der Waals surface area contributed by atoms with Crippen LogP contribution in [0.15, 0.2) is 29.3 Å². The van der Waals surface area contributed by atoms with Gasteiger partial charge in [0.1, 0.15) is 11.9 Å². The second-order valence-electron chi connectivity index (χ2n) is 6.57. The minimum absolute atomic E-state index is 0.00782. The topological polar surface area (TPSA) is 63.2 Å². The number of hydrogen-bond acceptors (Lipinski definition) is 4. The molecule has 1 N–H and O–H groups in total. The van der Waals surface area contributed by atoms with Gasteiger partial charge in [0.15, 0.2) is 5.96 Å². The molecule has 0 saturated carbocycles. The van der Waals surface area contributed by atoms with E-state index in [0.717, 1.165) is 38.4 Å². The number of carbonyl (C=O) groups excluding carboxylic acids is 1. The Hall–Kier alpha value is -1.95. The van der Waals surface area contributed by atoms with Gasteiger partial charge in [-0.25, -0.2) is 4.99 Å². The highest BCUT2D eigenvalue weighted by molar-refractivity contribution is 6.32. The van der Waals surface area contributed by atoms with Crippen molar-refractivity contribution in [3.63, 3.8) is 0 Å². The summed E-state index contributed by atoms with van der Waals surface area (Å²) >= 11 is 6.14. The average molecular weight is 396 g/mol. The lowest BCUT2D eigenvalue weighted by Gasteiger charge is -2.33. The van der Waals surface area contributed by atoms with E-state index in [4.69, 9.17) is 26.1 Å². The summed E-state index contributed by atoms with van der Waals surface area (Å²) in [5, 5.41) is 3.93. The van der Waals surface area contributed by atoms with Crippen LogP contribution in [0.4, 0.5) is 0 Å². The molecule has 1 heterocycles. The number of halogens is 1. The van der Waals surface area contributed by atoms with Crippen molar-refractivity contribution in [3.8, 4) is 5.75 Å². The van der Waals surface area contributed by atoms with E-state index in [9.17, 15) is 4.79 Å². The number of nitrogens with zero attached hydrogens (tertiary/aromatic N) is 2. The molecule has 1 saturated heterocycles. The van der Waals surface area contributed by atoms with Crippen molar-refractivity contribution in [2.45, 2.75) is 39.7 Å². The summed E-state index contributed by atoms with van der Waals surface area (Å²) < 4.78 is 11.0. The number of hydrogen-bond donors (Lipinski definition) is 1. The Balaban J connectivity index is 1.90. The van der Waals surface area contributed by atoms with Crippen LogP contribution >= 0.6 is 11.6 Å². The van der Waals surface area contributed by atoms with Gasteiger partial charge in [-0.05, 0) is 45.7 Å². The minimum atomic E-state index is -0.101. The molecule has 0 aliphatic carbocycles. The molecule has 1 fully saturated rings. The smallest absolute Gasteiger partial charge is 0.309 e. The van der Waals surface area contributed by atoms with Crippen molar-refractivity contribution in [1.82, 2.24) is 10.2 Å². The number of ether oxygens (including phenoxy) is 2. The van der Waals surface area contributed by atoms with Crippen LogP contribution in [0, 0.1) is 5.92 Å². The van der Waals surface area contributed by atoms with Gasteiger partial charge in [-0.3, -0.25) is 4.79 Å². The van der Waals surface area contributed by atoms with E-state index in [0.29, 0.717) is 23.9 Å². The van der Waals surface area contributed by atoms with Crippen molar-refractivity contribution < 1.29 is 14.3 Å². The summed E-state index contributed by atoms with van der Waals surface area (Å²) in [6, 6.07) is 7.44. The number of guanidine groups is 1. The Labute approximate surface area is 166 Å². The number of rotatable bonds is 7. The van der Waals surface area contributed by atoms with Gasteiger partial charge in [0, 0.05) is 19.6 Å². The van der Waals surface area contributed by atoms with Crippen molar-refractivity contribution in [2.75, 3.05) is 32.8 Å². The number of likely N-dealkylation sites (tertiary alicyclic amines) is 1. The van der Waals surface area contributed by atoms with E-state index < -0.39 is 0 Å². The van der Waals surface area contributed by atoms with E-state index in [1.165, 1.54) is 0 Å². The number of aliphatic imine (C=N–C) groups is 1. The normalized spacial score (nSPS) is 16.7. The third-order valence-electron chi connectivity index (χ3n) is 4.41. The minimum Gasteiger partial charge on any atom is -0.487 e. The lowest BCUT2D eigenvalue weighted by atomic mass is 9.97. The first-order valence-corrected chi connectivity index (χ1v) is 10.0. The summed E-state index contributed by atoms with van der Waals surface area (Å²) in [6.07, 6.45) is 1.47. The zero-order valence-electron chi connectivity index (χ0n) is 16.4. The molecule has 7 heteroatoms. The van der Waals surface area contributed by atoms with E-state index in [2.05, 4.69) is 10.2 Å². The van der Waals surface area contributed by atoms with E-state index >= 15 is 0 Å². The lowest BCUT2D eigenvalue weighted by Crippen LogP contribution is -2.47. The largest absolute Gasteiger partial charge is 0.487 e. The van der Waals surface area contributed by atoms with Crippen LogP contribution in [-0.2, 0) is 9.53 Å². The molecule has 27 heavy (non-hydrogen) atoms. The Bertz CT molecular complexity index is 631. The molecule has 0 bridgehead atoms. The molecule has 150 valence electrons. The van der Waals surface area contributed by atoms with Gasteiger partial charge in [0.2, 0.25) is 0 Å². The fraction of sp³-hybridized carbons (Fsp3) is 0.600. The first-order valence-electron chi connectivity index (χ1n) is 9.66. The van der Waals surface area contributed by atoms with Crippen molar-refractivity contribution in [3.05, 3.63) is 29.3 Å². The molecule has 6 nitrogen and oxygen atoms in total. The molecule has 0 radical (unpaired) electrons. The second kappa shape index (κ2) is 11.0. The number of para-hydroxylation sites is 1. The molecule has 2 rings (SSSR count). The van der Waals surface area contributed by atoms with E-state index in [1.54, 1.807) is 0 Å². The third-order valence-corrected chi connectivity index (χ3v) is 4.72. The van der Waals surface area contributed by atoms with Gasteiger partial charge < -0.3 is 19.7 Å². The van der Waals surface area contributed by atoms with E-state index in [1.807, 2.05) is 45.0 Å². The van der Waals surface area contributed by atoms with Crippen molar-refractivity contribution in [2.24, 2.45) is 10.9 Å². The average Bonchev–Trinajstić information content (AvgIpc) is 2.67. The number of nitrogens with one attached hydrogen (secondary N) is 1. The van der Waals surface area contributed by atoms with Gasteiger partial charge in [-0.2, -0.15) is 0 Å². The number of piperidine rings is 1. The zero-order valence-corrected chi connectivity index (χ0v) is 17.2. The Morgan fingerprint density at radius 3 is 2.67 bits per heavy atom. The zero-order chi connectivity index (χ0) is 19.6. The summed E-state index contributed by atoms with van der Waals surface area (Å²) in [6.45, 7) is 9.18. The van der Waals surface area contributed by atoms with Crippen molar-refractivity contribution in [1.29, 1.82) is 0 Å². The highest BCUT2D eigenvalue weighted by atomic mass is 35.5. The summed E-state index contributed by atoms with van der Waals surface area (Å²) in [4.78, 5) is 18.8. The van der Waals surface area contributed by atoms with Crippen LogP contribution in [0.25, 0.3) is 0 Å². The Morgan fingerprint density at radius 1 is 1.33 bits per heavy atom. The van der Waals surface area contributed by atoms with Crippen LogP contribution in [0.2, 0.25) is 5.02 Å². The summed E-state index contributed by atoms with van der Waals surface area (Å²) in [5.74, 6) is 1.43. The lowest BCUT2D eigenvalue weighted by molar-refractivity contribution is -0.149. The molecule has 1 unspecified atom stereocenters. The quantitative estimate of drug-likeness (QED) is 0.435. The Morgan fingerprint density at radius 2 is 2.04 bits per heavy atom. The SMILES string of the molecule is CCNC(=NCC(C)Oc1ccccc1Cl)N1CCC(C(=O)OCC)CC1.